The second kappa shape index (κ2) is 8.33. The van der Waals surface area contributed by atoms with E-state index in [9.17, 15) is 9.18 Å². The van der Waals surface area contributed by atoms with Gasteiger partial charge in [-0.25, -0.2) is 4.39 Å². The van der Waals surface area contributed by atoms with Gasteiger partial charge in [-0.1, -0.05) is 24.3 Å². The van der Waals surface area contributed by atoms with Gasteiger partial charge < -0.3 is 14.4 Å². The summed E-state index contributed by atoms with van der Waals surface area (Å²) in [5.41, 5.74) is 1.51. The molecule has 2 aromatic rings. The van der Waals surface area contributed by atoms with Crippen molar-refractivity contribution in [3.63, 3.8) is 0 Å². The summed E-state index contributed by atoms with van der Waals surface area (Å²) in [7, 11) is 4.73. The Morgan fingerprint density at radius 1 is 1.12 bits per heavy atom. The molecule has 0 heterocycles. The molecule has 4 nitrogen and oxygen atoms in total. The molecule has 0 spiro atoms. The van der Waals surface area contributed by atoms with E-state index in [0.717, 1.165) is 11.3 Å². The first kappa shape index (κ1) is 18.5. The number of methoxy groups -OCH3 is 2. The lowest BCUT2D eigenvalue weighted by molar-refractivity contribution is -0.126. The number of likely N-dealkylation sites (N-methyl/N-ethyl adjacent to an activating group) is 1. The number of carbonyl (C=O) groups is 1. The minimum atomic E-state index is -0.465. The summed E-state index contributed by atoms with van der Waals surface area (Å²) < 4.78 is 23.9. The van der Waals surface area contributed by atoms with Crippen LogP contribution in [0, 0.1) is 5.82 Å². The highest BCUT2D eigenvalue weighted by Gasteiger charge is 2.18. The van der Waals surface area contributed by atoms with Crippen LogP contribution in [0.25, 0.3) is 6.08 Å². The van der Waals surface area contributed by atoms with Crippen LogP contribution in [0.2, 0.25) is 0 Å². The number of hydrogen-bond donors (Lipinski definition) is 0. The molecule has 0 bridgehead atoms. The number of para-hydroxylation sites is 1. The van der Waals surface area contributed by atoms with Gasteiger partial charge in [0.15, 0.2) is 11.6 Å². The standard InChI is InChI=1S/C20H22FNO3/c1-14(16-7-5-6-8-18(16)24-3)22(2)20(23)12-10-15-9-11-19(25-4)17(21)13-15/h5-14H,1-4H3/b12-10+. The molecule has 2 rings (SSSR count). The number of nitrogens with zero attached hydrogens (tertiary/aromatic N) is 1. The highest BCUT2D eigenvalue weighted by molar-refractivity contribution is 5.92. The molecule has 1 unspecified atom stereocenters. The quantitative estimate of drug-likeness (QED) is 0.742. The number of benzene rings is 2. The molecule has 0 fully saturated rings. The predicted octanol–water partition coefficient (Wildman–Crippen LogP) is 4.08. The molecule has 2 aromatic carbocycles. The number of hydrogen-bond acceptors (Lipinski definition) is 3. The fourth-order valence-electron chi connectivity index (χ4n) is 2.48. The minimum absolute atomic E-state index is 0.166. The van der Waals surface area contributed by atoms with Crippen molar-refractivity contribution in [3.05, 3.63) is 65.5 Å². The molecule has 1 amide bonds. The van der Waals surface area contributed by atoms with Crippen molar-refractivity contribution in [1.82, 2.24) is 4.90 Å². The SMILES string of the molecule is COc1ccc(/C=C/C(=O)N(C)C(C)c2ccccc2OC)cc1F. The molecule has 0 saturated heterocycles. The number of ether oxygens (including phenoxy) is 2. The Bertz CT molecular complexity index is 773. The Balaban J connectivity index is 2.12. The maximum atomic E-state index is 13.7. The predicted molar refractivity (Wildman–Crippen MR) is 96.2 cm³/mol. The first-order valence-corrected chi connectivity index (χ1v) is 7.89. The third-order valence-electron chi connectivity index (χ3n) is 4.11. The second-order valence-corrected chi connectivity index (χ2v) is 5.59. The third kappa shape index (κ3) is 4.38. The normalized spacial score (nSPS) is 12.0. The zero-order chi connectivity index (χ0) is 18.4. The Morgan fingerprint density at radius 2 is 1.80 bits per heavy atom. The first-order chi connectivity index (χ1) is 12.0. The molecular formula is C20H22FNO3. The van der Waals surface area contributed by atoms with Crippen LogP contribution in [0.4, 0.5) is 4.39 Å². The Kier molecular flexibility index (Phi) is 6.17. The summed E-state index contributed by atoms with van der Waals surface area (Å²) in [5, 5.41) is 0. The van der Waals surface area contributed by atoms with Gasteiger partial charge in [-0.2, -0.15) is 0 Å². The summed E-state index contributed by atoms with van der Waals surface area (Å²) in [5.74, 6) is 0.253. The fourth-order valence-corrected chi connectivity index (χ4v) is 2.48. The van der Waals surface area contributed by atoms with Crippen LogP contribution in [-0.4, -0.2) is 32.1 Å². The fraction of sp³-hybridized carbons (Fsp3) is 0.250. The van der Waals surface area contributed by atoms with Crippen LogP contribution in [-0.2, 0) is 4.79 Å². The summed E-state index contributed by atoms with van der Waals surface area (Å²) in [6.07, 6.45) is 3.00. The molecule has 0 N–H and O–H groups in total. The van der Waals surface area contributed by atoms with Gasteiger partial charge >= 0.3 is 0 Å². The van der Waals surface area contributed by atoms with Gasteiger partial charge in [0.2, 0.25) is 5.91 Å². The number of amides is 1. The number of carbonyl (C=O) groups excluding carboxylic acids is 1. The average molecular weight is 343 g/mol. The van der Waals surface area contributed by atoms with Gasteiger partial charge in [0.05, 0.1) is 20.3 Å². The molecule has 5 heteroatoms. The van der Waals surface area contributed by atoms with Crippen molar-refractivity contribution in [2.75, 3.05) is 21.3 Å². The zero-order valence-electron chi connectivity index (χ0n) is 14.8. The highest BCUT2D eigenvalue weighted by Crippen LogP contribution is 2.28. The van der Waals surface area contributed by atoms with E-state index in [1.807, 2.05) is 31.2 Å². The van der Waals surface area contributed by atoms with Crippen molar-refractivity contribution >= 4 is 12.0 Å². The van der Waals surface area contributed by atoms with Crippen LogP contribution in [0.1, 0.15) is 24.1 Å². The van der Waals surface area contributed by atoms with E-state index >= 15 is 0 Å². The van der Waals surface area contributed by atoms with E-state index in [4.69, 9.17) is 9.47 Å². The lowest BCUT2D eigenvalue weighted by Gasteiger charge is -2.25. The lowest BCUT2D eigenvalue weighted by atomic mass is 10.1. The topological polar surface area (TPSA) is 38.8 Å². The van der Waals surface area contributed by atoms with E-state index in [2.05, 4.69) is 0 Å². The third-order valence-corrected chi connectivity index (χ3v) is 4.11. The van der Waals surface area contributed by atoms with Gasteiger partial charge in [0, 0.05) is 18.7 Å². The molecule has 0 radical (unpaired) electrons. The van der Waals surface area contributed by atoms with Crippen LogP contribution >= 0.6 is 0 Å². The summed E-state index contributed by atoms with van der Waals surface area (Å²) in [4.78, 5) is 14.0. The van der Waals surface area contributed by atoms with Gasteiger partial charge in [0.1, 0.15) is 5.75 Å². The average Bonchev–Trinajstić information content (AvgIpc) is 2.64. The van der Waals surface area contributed by atoms with Crippen molar-refractivity contribution in [2.24, 2.45) is 0 Å². The molecule has 0 aliphatic rings. The number of rotatable bonds is 6. The van der Waals surface area contributed by atoms with Crippen LogP contribution < -0.4 is 9.47 Å². The largest absolute Gasteiger partial charge is 0.496 e. The van der Waals surface area contributed by atoms with Crippen LogP contribution in [0.3, 0.4) is 0 Å². The Hall–Kier alpha value is -2.82. The van der Waals surface area contributed by atoms with E-state index in [-0.39, 0.29) is 17.7 Å². The smallest absolute Gasteiger partial charge is 0.246 e. The molecule has 0 saturated carbocycles. The summed E-state index contributed by atoms with van der Waals surface area (Å²) >= 11 is 0. The summed E-state index contributed by atoms with van der Waals surface area (Å²) in [6.45, 7) is 1.93. The molecule has 132 valence electrons. The second-order valence-electron chi connectivity index (χ2n) is 5.59. The highest BCUT2D eigenvalue weighted by atomic mass is 19.1. The van der Waals surface area contributed by atoms with Crippen LogP contribution in [0.15, 0.2) is 48.5 Å². The molecule has 1 atom stereocenters. The van der Waals surface area contributed by atoms with E-state index in [1.165, 1.54) is 25.3 Å². The van der Waals surface area contributed by atoms with E-state index < -0.39 is 5.82 Å². The first-order valence-electron chi connectivity index (χ1n) is 7.89. The maximum Gasteiger partial charge on any atom is 0.246 e. The lowest BCUT2D eigenvalue weighted by Crippen LogP contribution is -2.28. The van der Waals surface area contributed by atoms with Gasteiger partial charge in [-0.05, 0) is 36.8 Å². The zero-order valence-corrected chi connectivity index (χ0v) is 14.8. The van der Waals surface area contributed by atoms with Crippen molar-refractivity contribution < 1.29 is 18.7 Å². The monoisotopic (exact) mass is 343 g/mol. The molecule has 0 aliphatic carbocycles. The molecule has 0 aliphatic heterocycles. The van der Waals surface area contributed by atoms with Crippen molar-refractivity contribution in [3.8, 4) is 11.5 Å². The molecule has 25 heavy (non-hydrogen) atoms. The van der Waals surface area contributed by atoms with Crippen LogP contribution in [0.5, 0.6) is 11.5 Å². The molecule has 0 aromatic heterocycles. The number of halogens is 1. The van der Waals surface area contributed by atoms with Crippen molar-refractivity contribution in [1.29, 1.82) is 0 Å². The summed E-state index contributed by atoms with van der Waals surface area (Å²) in [6, 6.07) is 12.0. The van der Waals surface area contributed by atoms with Gasteiger partial charge in [0.25, 0.3) is 0 Å². The minimum Gasteiger partial charge on any atom is -0.496 e. The van der Waals surface area contributed by atoms with Gasteiger partial charge in [-0.15, -0.1) is 0 Å². The van der Waals surface area contributed by atoms with E-state index in [1.54, 1.807) is 31.2 Å². The van der Waals surface area contributed by atoms with E-state index in [0.29, 0.717) is 5.56 Å². The Labute approximate surface area is 147 Å². The molecular weight excluding hydrogens is 321 g/mol. The maximum absolute atomic E-state index is 13.7. The Morgan fingerprint density at radius 3 is 2.44 bits per heavy atom. The van der Waals surface area contributed by atoms with Crippen molar-refractivity contribution in [2.45, 2.75) is 13.0 Å². The van der Waals surface area contributed by atoms with Gasteiger partial charge in [-0.3, -0.25) is 4.79 Å².